The molecule has 0 spiro atoms. The Labute approximate surface area is 228 Å². The molecule has 2 saturated carbocycles. The Kier molecular flexibility index (Phi) is 6.26. The Morgan fingerprint density at radius 1 is 1.16 bits per heavy atom. The van der Waals surface area contributed by atoms with E-state index in [1.165, 1.54) is 4.68 Å². The molecule has 0 bridgehead atoms. The third kappa shape index (κ3) is 4.82. The second-order valence-electron chi connectivity index (χ2n) is 10.3. The number of ether oxygens (including phenoxy) is 1. The van der Waals surface area contributed by atoms with Crippen LogP contribution in [0.1, 0.15) is 48.4 Å². The molecule has 2 aliphatic carbocycles. The molecule has 0 unspecified atom stereocenters. The molecule has 1 saturated heterocycles. The van der Waals surface area contributed by atoms with Gasteiger partial charge < -0.3 is 15.4 Å². The number of hydrogen-bond acceptors (Lipinski definition) is 7. The number of ketones is 1. The van der Waals surface area contributed by atoms with E-state index in [4.69, 9.17) is 33.7 Å². The molecule has 10 nitrogen and oxygen atoms in total. The number of primary amides is 1. The standard InChI is InChI=1S/C26H26Cl2N6O4/c27-26(28)11-15(26)2-5-21(35)20-9-14-8-19(14)34(20)23(36)12-33-18-4-3-16(10-17(18)24(32-33)25(29)37)38-13-22-30-6-1-7-31-22/h1,3-4,6-7,10,14-15,19-20H,2,5,8-9,11-13H2,(H2,29,37)/t14-,15+,19-,20+/m1/s1. The number of benzene rings is 1. The molecule has 2 N–H and O–H groups in total. The summed E-state index contributed by atoms with van der Waals surface area (Å²) in [4.78, 5) is 48.7. The smallest absolute Gasteiger partial charge is 0.269 e. The quantitative estimate of drug-likeness (QED) is 0.379. The largest absolute Gasteiger partial charge is 0.486 e. The number of carbonyl (C=O) groups is 3. The Hall–Kier alpha value is -3.24. The van der Waals surface area contributed by atoms with Gasteiger partial charge in [-0.3, -0.25) is 19.1 Å². The summed E-state index contributed by atoms with van der Waals surface area (Å²) in [6, 6.07) is 6.47. The third-order valence-electron chi connectivity index (χ3n) is 7.69. The van der Waals surface area contributed by atoms with Crippen LogP contribution in [0.3, 0.4) is 0 Å². The monoisotopic (exact) mass is 556 g/mol. The van der Waals surface area contributed by atoms with E-state index in [9.17, 15) is 14.4 Å². The van der Waals surface area contributed by atoms with Crippen molar-refractivity contribution in [1.82, 2.24) is 24.6 Å². The number of likely N-dealkylation sites (tertiary alicyclic amines) is 1. The molecular formula is C26H26Cl2N6O4. The predicted molar refractivity (Wildman–Crippen MR) is 139 cm³/mol. The molecule has 198 valence electrons. The van der Waals surface area contributed by atoms with Crippen molar-refractivity contribution in [1.29, 1.82) is 0 Å². The van der Waals surface area contributed by atoms with Crippen molar-refractivity contribution < 1.29 is 19.1 Å². The first-order valence-corrected chi connectivity index (χ1v) is 13.4. The number of halogens is 2. The topological polar surface area (TPSA) is 133 Å². The molecule has 2 amide bonds. The van der Waals surface area contributed by atoms with Gasteiger partial charge in [0.05, 0.1) is 11.6 Å². The van der Waals surface area contributed by atoms with E-state index < -0.39 is 16.3 Å². The predicted octanol–water partition coefficient (Wildman–Crippen LogP) is 3.04. The average Bonchev–Trinajstić information content (AvgIpc) is 3.69. The van der Waals surface area contributed by atoms with E-state index in [2.05, 4.69) is 15.1 Å². The summed E-state index contributed by atoms with van der Waals surface area (Å²) in [5.74, 6) is 0.622. The number of nitrogens with two attached hydrogens (primary N) is 1. The third-order valence-corrected chi connectivity index (χ3v) is 8.61. The van der Waals surface area contributed by atoms with Gasteiger partial charge in [0.15, 0.2) is 17.3 Å². The Balaban J connectivity index is 1.18. The number of aromatic nitrogens is 4. The van der Waals surface area contributed by atoms with Crippen LogP contribution in [0.25, 0.3) is 10.9 Å². The lowest BCUT2D eigenvalue weighted by Crippen LogP contribution is -2.44. The highest BCUT2D eigenvalue weighted by molar-refractivity contribution is 6.50. The summed E-state index contributed by atoms with van der Waals surface area (Å²) >= 11 is 12.2. The van der Waals surface area contributed by atoms with Crippen molar-refractivity contribution in [2.75, 3.05) is 0 Å². The van der Waals surface area contributed by atoms with E-state index in [0.717, 1.165) is 6.42 Å². The first-order valence-electron chi connectivity index (χ1n) is 12.6. The zero-order valence-electron chi connectivity index (χ0n) is 20.4. The van der Waals surface area contributed by atoms with Crippen LogP contribution in [0.4, 0.5) is 0 Å². The first kappa shape index (κ1) is 25.1. The number of alkyl halides is 2. The summed E-state index contributed by atoms with van der Waals surface area (Å²) in [5, 5.41) is 4.83. The number of fused-ring (bicyclic) bond motifs is 2. The molecular weight excluding hydrogens is 531 g/mol. The number of piperidine rings is 1. The van der Waals surface area contributed by atoms with Crippen LogP contribution in [-0.4, -0.2) is 58.7 Å². The number of Topliss-reactive ketones (excluding diaryl/α,β-unsaturated/α-hetero) is 1. The van der Waals surface area contributed by atoms with Crippen molar-refractivity contribution in [3.8, 4) is 5.75 Å². The molecule has 1 aromatic carbocycles. The van der Waals surface area contributed by atoms with Gasteiger partial charge in [0.2, 0.25) is 5.91 Å². The van der Waals surface area contributed by atoms with E-state index in [1.807, 2.05) is 0 Å². The van der Waals surface area contributed by atoms with Crippen molar-refractivity contribution in [3.05, 3.63) is 48.2 Å². The van der Waals surface area contributed by atoms with E-state index in [-0.39, 0.29) is 42.5 Å². The van der Waals surface area contributed by atoms with Crippen LogP contribution in [0.15, 0.2) is 36.7 Å². The highest BCUT2D eigenvalue weighted by Crippen LogP contribution is 2.55. The summed E-state index contributed by atoms with van der Waals surface area (Å²) < 4.78 is 6.54. The van der Waals surface area contributed by atoms with Gasteiger partial charge in [-0.05, 0) is 61.8 Å². The number of rotatable bonds is 10. The summed E-state index contributed by atoms with van der Waals surface area (Å²) in [6.07, 6.45) is 6.53. The van der Waals surface area contributed by atoms with E-state index in [1.54, 1.807) is 41.6 Å². The number of hydrogen-bond donors (Lipinski definition) is 1. The molecule has 4 atom stereocenters. The lowest BCUT2D eigenvalue weighted by molar-refractivity contribution is -0.139. The van der Waals surface area contributed by atoms with Gasteiger partial charge in [0.1, 0.15) is 23.2 Å². The molecule has 1 aliphatic heterocycles. The highest BCUT2D eigenvalue weighted by atomic mass is 35.5. The Morgan fingerprint density at radius 3 is 2.63 bits per heavy atom. The van der Waals surface area contributed by atoms with Gasteiger partial charge in [-0.25, -0.2) is 9.97 Å². The fourth-order valence-electron chi connectivity index (χ4n) is 5.48. The molecule has 3 heterocycles. The maximum atomic E-state index is 13.5. The van der Waals surface area contributed by atoms with Gasteiger partial charge in [-0.15, -0.1) is 23.2 Å². The van der Waals surface area contributed by atoms with Crippen LogP contribution in [0, 0.1) is 11.8 Å². The number of carbonyl (C=O) groups excluding carboxylic acids is 3. The molecule has 3 aromatic rings. The fraction of sp³-hybridized carbons (Fsp3) is 0.462. The minimum Gasteiger partial charge on any atom is -0.486 e. The molecule has 3 fully saturated rings. The Bertz CT molecular complexity index is 1430. The average molecular weight is 557 g/mol. The highest BCUT2D eigenvalue weighted by Gasteiger charge is 2.56. The van der Waals surface area contributed by atoms with E-state index in [0.29, 0.717) is 54.1 Å². The van der Waals surface area contributed by atoms with Crippen molar-refractivity contribution >= 4 is 51.7 Å². The first-order chi connectivity index (χ1) is 18.2. The molecule has 6 rings (SSSR count). The van der Waals surface area contributed by atoms with Crippen LogP contribution < -0.4 is 10.5 Å². The lowest BCUT2D eigenvalue weighted by Gasteiger charge is -2.27. The summed E-state index contributed by atoms with van der Waals surface area (Å²) in [5.41, 5.74) is 6.21. The van der Waals surface area contributed by atoms with E-state index >= 15 is 0 Å². The number of nitrogens with zero attached hydrogens (tertiary/aromatic N) is 5. The fourth-order valence-corrected chi connectivity index (χ4v) is 6.07. The normalized spacial score (nSPS) is 24.7. The molecule has 0 radical (unpaired) electrons. The lowest BCUT2D eigenvalue weighted by atomic mass is 10.0. The van der Waals surface area contributed by atoms with Gasteiger partial charge in [0.25, 0.3) is 5.91 Å². The van der Waals surface area contributed by atoms with Gasteiger partial charge in [0, 0.05) is 30.2 Å². The minimum absolute atomic E-state index is 0.0441. The van der Waals surface area contributed by atoms with Crippen molar-refractivity contribution in [2.24, 2.45) is 17.6 Å². The summed E-state index contributed by atoms with van der Waals surface area (Å²) in [6.45, 7) is 0.0409. The van der Waals surface area contributed by atoms with Gasteiger partial charge in [-0.2, -0.15) is 5.10 Å². The van der Waals surface area contributed by atoms with Gasteiger partial charge in [-0.1, -0.05) is 0 Å². The second kappa shape index (κ2) is 9.50. The number of amides is 2. The Morgan fingerprint density at radius 2 is 1.92 bits per heavy atom. The molecule has 12 heteroatoms. The van der Waals surface area contributed by atoms with Crippen molar-refractivity contribution in [2.45, 2.75) is 61.7 Å². The molecule has 2 aromatic heterocycles. The van der Waals surface area contributed by atoms with Crippen LogP contribution in [0.2, 0.25) is 0 Å². The van der Waals surface area contributed by atoms with Crippen LogP contribution in [0.5, 0.6) is 5.75 Å². The van der Waals surface area contributed by atoms with Crippen LogP contribution in [-0.2, 0) is 22.7 Å². The SMILES string of the molecule is NC(=O)c1nn(CC(=O)N2[C@@H]3C[C@@H]3C[C@H]2C(=O)CC[C@H]2CC2(Cl)Cl)c2ccc(OCc3ncccn3)cc12. The zero-order valence-corrected chi connectivity index (χ0v) is 21.9. The molecule has 3 aliphatic rings. The minimum atomic E-state index is -0.715. The van der Waals surface area contributed by atoms with Gasteiger partial charge >= 0.3 is 0 Å². The zero-order chi connectivity index (χ0) is 26.6. The summed E-state index contributed by atoms with van der Waals surface area (Å²) in [7, 11) is 0. The maximum absolute atomic E-state index is 13.5. The maximum Gasteiger partial charge on any atom is 0.269 e. The molecule has 38 heavy (non-hydrogen) atoms. The van der Waals surface area contributed by atoms with Crippen molar-refractivity contribution in [3.63, 3.8) is 0 Å². The van der Waals surface area contributed by atoms with Crippen LogP contribution >= 0.6 is 23.2 Å². The second-order valence-corrected chi connectivity index (χ2v) is 11.8.